The zero-order valence-electron chi connectivity index (χ0n) is 14.3. The van der Waals surface area contributed by atoms with E-state index in [1.54, 1.807) is 6.92 Å². The maximum absolute atomic E-state index is 12.6. The van der Waals surface area contributed by atoms with E-state index in [9.17, 15) is 4.79 Å². The lowest BCUT2D eigenvalue weighted by atomic mass is 10.0. The first-order valence-electron chi connectivity index (χ1n) is 7.93. The molecule has 1 aromatic carbocycles. The average molecular weight is 316 g/mol. The number of hydrogen-bond donors (Lipinski definition) is 1. The Labute approximate surface area is 137 Å². The second kappa shape index (κ2) is 7.31. The second-order valence-corrected chi connectivity index (χ2v) is 5.86. The number of rotatable bonds is 6. The third-order valence-electron chi connectivity index (χ3n) is 3.68. The Morgan fingerprint density at radius 1 is 1.26 bits per heavy atom. The van der Waals surface area contributed by atoms with Gasteiger partial charge in [0.25, 0.3) is 5.91 Å². The van der Waals surface area contributed by atoms with Crippen molar-refractivity contribution < 1.29 is 14.1 Å². The number of benzene rings is 1. The summed E-state index contributed by atoms with van der Waals surface area (Å²) in [5, 5.41) is 6.93. The summed E-state index contributed by atoms with van der Waals surface area (Å²) in [6, 6.07) is 7.61. The molecule has 1 aromatic heterocycles. The van der Waals surface area contributed by atoms with Gasteiger partial charge in [-0.05, 0) is 38.5 Å². The zero-order valence-corrected chi connectivity index (χ0v) is 14.3. The smallest absolute Gasteiger partial charge is 0.257 e. The molecule has 124 valence electrons. The highest BCUT2D eigenvalue weighted by atomic mass is 16.5. The van der Waals surface area contributed by atoms with Gasteiger partial charge in [0.15, 0.2) is 5.76 Å². The van der Waals surface area contributed by atoms with Crippen molar-refractivity contribution in [3.8, 4) is 5.75 Å². The number of hydrogen-bond acceptors (Lipinski definition) is 4. The van der Waals surface area contributed by atoms with Crippen LogP contribution in [-0.4, -0.2) is 17.7 Å². The minimum absolute atomic E-state index is 0.109. The molecule has 0 aliphatic heterocycles. The van der Waals surface area contributed by atoms with Crippen LogP contribution in [0.15, 0.2) is 28.8 Å². The SMILES string of the molecule is CCOc1ccc(C(C)NC(=O)c2c(C)noc2C(C)C)cc1. The molecular weight excluding hydrogens is 292 g/mol. The molecule has 1 unspecified atom stereocenters. The molecule has 23 heavy (non-hydrogen) atoms. The van der Waals surface area contributed by atoms with Crippen LogP contribution >= 0.6 is 0 Å². The first-order chi connectivity index (χ1) is 10.9. The zero-order chi connectivity index (χ0) is 17.0. The Morgan fingerprint density at radius 2 is 1.91 bits per heavy atom. The summed E-state index contributed by atoms with van der Waals surface area (Å²) in [6.07, 6.45) is 0. The number of nitrogens with one attached hydrogen (secondary N) is 1. The van der Waals surface area contributed by atoms with Crippen LogP contribution in [0.2, 0.25) is 0 Å². The summed E-state index contributed by atoms with van der Waals surface area (Å²) in [5.74, 6) is 1.40. The Balaban J connectivity index is 2.12. The normalized spacial score (nSPS) is 12.3. The molecular formula is C18H24N2O3. The van der Waals surface area contributed by atoms with Crippen molar-refractivity contribution in [2.24, 2.45) is 0 Å². The quantitative estimate of drug-likeness (QED) is 0.875. The maximum atomic E-state index is 12.6. The van der Waals surface area contributed by atoms with Gasteiger partial charge < -0.3 is 14.6 Å². The molecule has 5 heteroatoms. The highest BCUT2D eigenvalue weighted by molar-refractivity contribution is 5.96. The number of carbonyl (C=O) groups is 1. The van der Waals surface area contributed by atoms with Crippen LogP contribution in [0.4, 0.5) is 0 Å². The van der Waals surface area contributed by atoms with E-state index in [1.165, 1.54) is 0 Å². The Kier molecular flexibility index (Phi) is 5.42. The molecule has 0 aliphatic carbocycles. The Bertz CT molecular complexity index is 659. The van der Waals surface area contributed by atoms with Crippen molar-refractivity contribution in [2.45, 2.75) is 46.6 Å². The summed E-state index contributed by atoms with van der Waals surface area (Å²) in [4.78, 5) is 12.6. The van der Waals surface area contributed by atoms with Crippen LogP contribution in [0, 0.1) is 6.92 Å². The number of carbonyl (C=O) groups excluding carboxylic acids is 1. The van der Waals surface area contributed by atoms with Gasteiger partial charge in [0.05, 0.1) is 18.3 Å². The van der Waals surface area contributed by atoms with Crippen molar-refractivity contribution in [2.75, 3.05) is 6.61 Å². The fraction of sp³-hybridized carbons (Fsp3) is 0.444. The van der Waals surface area contributed by atoms with E-state index in [0.717, 1.165) is 11.3 Å². The van der Waals surface area contributed by atoms with Gasteiger partial charge in [0.2, 0.25) is 0 Å². The van der Waals surface area contributed by atoms with Gasteiger partial charge in [-0.2, -0.15) is 0 Å². The fourth-order valence-electron chi connectivity index (χ4n) is 2.43. The molecule has 2 aromatic rings. The third kappa shape index (κ3) is 3.92. The van der Waals surface area contributed by atoms with E-state index in [2.05, 4.69) is 10.5 Å². The topological polar surface area (TPSA) is 64.4 Å². The predicted octanol–water partition coefficient (Wildman–Crippen LogP) is 4.00. The highest BCUT2D eigenvalue weighted by Crippen LogP contribution is 2.23. The first kappa shape index (κ1) is 17.1. The lowest BCUT2D eigenvalue weighted by Gasteiger charge is -2.15. The molecule has 1 heterocycles. The summed E-state index contributed by atoms with van der Waals surface area (Å²) in [5.41, 5.74) is 2.17. The van der Waals surface area contributed by atoms with E-state index in [1.807, 2.05) is 52.0 Å². The molecule has 1 atom stereocenters. The molecule has 1 N–H and O–H groups in total. The summed E-state index contributed by atoms with van der Waals surface area (Å²) < 4.78 is 10.7. The minimum Gasteiger partial charge on any atom is -0.494 e. The average Bonchev–Trinajstić information content (AvgIpc) is 2.90. The molecule has 0 aliphatic rings. The molecule has 0 radical (unpaired) electrons. The van der Waals surface area contributed by atoms with Gasteiger partial charge in [0, 0.05) is 5.92 Å². The largest absolute Gasteiger partial charge is 0.494 e. The van der Waals surface area contributed by atoms with Gasteiger partial charge >= 0.3 is 0 Å². The molecule has 1 amide bonds. The lowest BCUT2D eigenvalue weighted by Crippen LogP contribution is -2.27. The van der Waals surface area contributed by atoms with Gasteiger partial charge in [0.1, 0.15) is 11.3 Å². The summed E-state index contributed by atoms with van der Waals surface area (Å²) in [6.45, 7) is 10.3. The molecule has 0 fully saturated rings. The van der Waals surface area contributed by atoms with Crippen molar-refractivity contribution in [1.29, 1.82) is 0 Å². The lowest BCUT2D eigenvalue weighted by molar-refractivity contribution is 0.0937. The molecule has 0 saturated heterocycles. The standard InChI is InChI=1S/C18H24N2O3/c1-6-22-15-9-7-14(8-10-15)12(4)19-18(21)16-13(5)20-23-17(16)11(2)3/h7-12H,6H2,1-5H3,(H,19,21). The van der Waals surface area contributed by atoms with E-state index in [-0.39, 0.29) is 17.9 Å². The highest BCUT2D eigenvalue weighted by Gasteiger charge is 2.23. The van der Waals surface area contributed by atoms with Crippen molar-refractivity contribution in [3.63, 3.8) is 0 Å². The molecule has 0 saturated carbocycles. The molecule has 2 rings (SSSR count). The Morgan fingerprint density at radius 3 is 2.48 bits per heavy atom. The van der Waals surface area contributed by atoms with Crippen LogP contribution < -0.4 is 10.1 Å². The Hall–Kier alpha value is -2.30. The third-order valence-corrected chi connectivity index (χ3v) is 3.68. The summed E-state index contributed by atoms with van der Waals surface area (Å²) in [7, 11) is 0. The molecule has 0 spiro atoms. The predicted molar refractivity (Wildman–Crippen MR) is 88.8 cm³/mol. The molecule has 5 nitrogen and oxygen atoms in total. The molecule has 0 bridgehead atoms. The fourth-order valence-corrected chi connectivity index (χ4v) is 2.43. The number of aryl methyl sites for hydroxylation is 1. The van der Waals surface area contributed by atoms with Gasteiger partial charge in [-0.3, -0.25) is 4.79 Å². The summed E-state index contributed by atoms with van der Waals surface area (Å²) >= 11 is 0. The van der Waals surface area contributed by atoms with Crippen LogP contribution in [0.5, 0.6) is 5.75 Å². The second-order valence-electron chi connectivity index (χ2n) is 5.86. The number of nitrogens with zero attached hydrogens (tertiary/aromatic N) is 1. The monoisotopic (exact) mass is 316 g/mol. The van der Waals surface area contributed by atoms with Crippen LogP contribution in [-0.2, 0) is 0 Å². The first-order valence-corrected chi connectivity index (χ1v) is 7.93. The van der Waals surface area contributed by atoms with E-state index < -0.39 is 0 Å². The maximum Gasteiger partial charge on any atom is 0.257 e. The van der Waals surface area contributed by atoms with Crippen LogP contribution in [0.25, 0.3) is 0 Å². The minimum atomic E-state index is -0.158. The van der Waals surface area contributed by atoms with Gasteiger partial charge in [-0.15, -0.1) is 0 Å². The van der Waals surface area contributed by atoms with Crippen LogP contribution in [0.1, 0.15) is 67.0 Å². The van der Waals surface area contributed by atoms with E-state index in [4.69, 9.17) is 9.26 Å². The number of ether oxygens (including phenoxy) is 1. The number of aromatic nitrogens is 1. The van der Waals surface area contributed by atoms with Gasteiger partial charge in [-0.25, -0.2) is 0 Å². The van der Waals surface area contributed by atoms with Crippen LogP contribution in [0.3, 0.4) is 0 Å². The van der Waals surface area contributed by atoms with E-state index in [0.29, 0.717) is 23.6 Å². The number of amides is 1. The van der Waals surface area contributed by atoms with Gasteiger partial charge in [-0.1, -0.05) is 31.1 Å². The van der Waals surface area contributed by atoms with Crippen molar-refractivity contribution >= 4 is 5.91 Å². The van der Waals surface area contributed by atoms with Crippen molar-refractivity contribution in [1.82, 2.24) is 10.5 Å². The van der Waals surface area contributed by atoms with Crippen molar-refractivity contribution in [3.05, 3.63) is 46.8 Å². The van der Waals surface area contributed by atoms with E-state index >= 15 is 0 Å².